The maximum atomic E-state index is 11.2. The number of nitrogens with one attached hydrogen (secondary N) is 1. The Morgan fingerprint density at radius 3 is 2.69 bits per heavy atom. The van der Waals surface area contributed by atoms with E-state index in [9.17, 15) is 5.11 Å². The van der Waals surface area contributed by atoms with Gasteiger partial charge in [-0.15, -0.1) is 0 Å². The smallest absolute Gasteiger partial charge is 0.157 e. The molecule has 1 aromatic heterocycles. The van der Waals surface area contributed by atoms with Crippen molar-refractivity contribution in [1.82, 2.24) is 15.2 Å². The van der Waals surface area contributed by atoms with E-state index < -0.39 is 5.60 Å². The maximum Gasteiger partial charge on any atom is 0.157 e. The second-order valence-corrected chi connectivity index (χ2v) is 6.27. The van der Waals surface area contributed by atoms with Gasteiger partial charge in [0.1, 0.15) is 11.9 Å². The fourth-order valence-corrected chi connectivity index (χ4v) is 4.23. The predicted molar refractivity (Wildman–Crippen MR) is 59.5 cm³/mol. The van der Waals surface area contributed by atoms with Crippen molar-refractivity contribution in [2.75, 3.05) is 0 Å². The summed E-state index contributed by atoms with van der Waals surface area (Å²) in [5, 5.41) is 18.0. The average molecular weight is 221 g/mol. The average Bonchev–Trinajstić information content (AvgIpc) is 2.86. The monoisotopic (exact) mass is 221 g/mol. The van der Waals surface area contributed by atoms with Gasteiger partial charge >= 0.3 is 0 Å². The SMILES string of the molecule is CC12CCC(C1)C(C)(C)C2(O)c1ncn[nH]1. The largest absolute Gasteiger partial charge is 0.381 e. The molecule has 1 aromatic rings. The summed E-state index contributed by atoms with van der Waals surface area (Å²) in [6, 6.07) is 0. The van der Waals surface area contributed by atoms with Crippen LogP contribution in [-0.2, 0) is 5.60 Å². The van der Waals surface area contributed by atoms with Crippen LogP contribution < -0.4 is 0 Å². The minimum atomic E-state index is -0.862. The molecule has 4 heteroatoms. The molecule has 3 atom stereocenters. The molecule has 1 heterocycles. The summed E-state index contributed by atoms with van der Waals surface area (Å²) in [4.78, 5) is 4.21. The van der Waals surface area contributed by atoms with E-state index in [4.69, 9.17) is 0 Å². The first-order chi connectivity index (χ1) is 7.42. The highest BCUT2D eigenvalue weighted by atomic mass is 16.3. The third-order valence-electron chi connectivity index (χ3n) is 5.33. The van der Waals surface area contributed by atoms with Gasteiger partial charge in [-0.05, 0) is 25.2 Å². The number of fused-ring (bicyclic) bond motifs is 2. The number of nitrogens with zero attached hydrogens (tertiary/aromatic N) is 2. The summed E-state index contributed by atoms with van der Waals surface area (Å²) < 4.78 is 0. The van der Waals surface area contributed by atoms with Crippen molar-refractivity contribution in [2.45, 2.75) is 45.6 Å². The Kier molecular flexibility index (Phi) is 1.71. The van der Waals surface area contributed by atoms with E-state index in [1.807, 2.05) is 0 Å². The van der Waals surface area contributed by atoms with Crippen molar-refractivity contribution >= 4 is 0 Å². The van der Waals surface area contributed by atoms with Gasteiger partial charge in [-0.1, -0.05) is 20.8 Å². The molecule has 2 saturated carbocycles. The third-order valence-corrected chi connectivity index (χ3v) is 5.33. The van der Waals surface area contributed by atoms with Crippen LogP contribution in [0, 0.1) is 16.7 Å². The molecule has 16 heavy (non-hydrogen) atoms. The summed E-state index contributed by atoms with van der Waals surface area (Å²) in [5.74, 6) is 1.23. The first-order valence-electron chi connectivity index (χ1n) is 6.00. The number of aromatic amines is 1. The van der Waals surface area contributed by atoms with Gasteiger partial charge in [-0.25, -0.2) is 4.98 Å². The van der Waals surface area contributed by atoms with Crippen LogP contribution in [0.15, 0.2) is 6.33 Å². The molecule has 0 saturated heterocycles. The van der Waals surface area contributed by atoms with Crippen molar-refractivity contribution < 1.29 is 5.11 Å². The zero-order valence-corrected chi connectivity index (χ0v) is 10.1. The minimum absolute atomic E-state index is 0.0549. The van der Waals surface area contributed by atoms with E-state index in [2.05, 4.69) is 36.0 Å². The van der Waals surface area contributed by atoms with Crippen LogP contribution in [0.2, 0.25) is 0 Å². The first kappa shape index (κ1) is 10.3. The van der Waals surface area contributed by atoms with Gasteiger partial charge in [0.05, 0.1) is 0 Å². The zero-order valence-electron chi connectivity index (χ0n) is 10.1. The molecular formula is C12H19N3O. The van der Waals surface area contributed by atoms with Crippen LogP contribution in [0.3, 0.4) is 0 Å². The van der Waals surface area contributed by atoms with Crippen molar-refractivity contribution in [3.63, 3.8) is 0 Å². The van der Waals surface area contributed by atoms with Crippen molar-refractivity contribution in [3.05, 3.63) is 12.2 Å². The normalized spacial score (nSPS) is 45.1. The lowest BCUT2D eigenvalue weighted by molar-refractivity contribution is -0.156. The summed E-state index contributed by atoms with van der Waals surface area (Å²) in [5.41, 5.74) is -1.04. The molecule has 2 bridgehead atoms. The molecule has 0 aromatic carbocycles. The van der Waals surface area contributed by atoms with E-state index in [0.29, 0.717) is 11.7 Å². The van der Waals surface area contributed by atoms with Gasteiger partial charge in [0.15, 0.2) is 5.82 Å². The molecule has 4 nitrogen and oxygen atoms in total. The van der Waals surface area contributed by atoms with E-state index in [0.717, 1.165) is 12.8 Å². The Hall–Kier alpha value is -0.900. The van der Waals surface area contributed by atoms with Gasteiger partial charge in [-0.2, -0.15) is 5.10 Å². The van der Waals surface area contributed by atoms with Crippen LogP contribution >= 0.6 is 0 Å². The lowest BCUT2D eigenvalue weighted by Crippen LogP contribution is -2.52. The van der Waals surface area contributed by atoms with Crippen LogP contribution in [0.1, 0.15) is 45.9 Å². The van der Waals surface area contributed by atoms with Gasteiger partial charge in [-0.3, -0.25) is 5.10 Å². The molecule has 0 aliphatic heterocycles. The van der Waals surface area contributed by atoms with Gasteiger partial charge in [0, 0.05) is 10.8 Å². The van der Waals surface area contributed by atoms with E-state index >= 15 is 0 Å². The van der Waals surface area contributed by atoms with E-state index in [1.165, 1.54) is 12.7 Å². The van der Waals surface area contributed by atoms with Crippen LogP contribution in [0.5, 0.6) is 0 Å². The topological polar surface area (TPSA) is 61.8 Å². The quantitative estimate of drug-likeness (QED) is 0.760. The van der Waals surface area contributed by atoms with Crippen LogP contribution in [-0.4, -0.2) is 20.3 Å². The third kappa shape index (κ3) is 0.865. The highest BCUT2D eigenvalue weighted by Crippen LogP contribution is 2.71. The van der Waals surface area contributed by atoms with Gasteiger partial charge in [0.25, 0.3) is 0 Å². The Bertz CT molecular complexity index is 407. The molecule has 2 aliphatic carbocycles. The maximum absolute atomic E-state index is 11.2. The van der Waals surface area contributed by atoms with Crippen LogP contribution in [0.25, 0.3) is 0 Å². The standard InChI is InChI=1S/C12H19N3O/c1-10(2)8-4-5-11(3,6-8)12(10,16)9-13-7-14-15-9/h7-8,16H,4-6H2,1-3H3,(H,13,14,15). The van der Waals surface area contributed by atoms with Gasteiger partial charge < -0.3 is 5.11 Å². The number of hydrogen-bond donors (Lipinski definition) is 2. The number of aliphatic hydroxyl groups is 1. The highest BCUT2D eigenvalue weighted by molar-refractivity contribution is 5.23. The number of H-pyrrole nitrogens is 1. The Balaban J connectivity index is 2.19. The molecule has 0 spiro atoms. The molecule has 3 unspecified atom stereocenters. The molecular weight excluding hydrogens is 202 g/mol. The number of rotatable bonds is 1. The molecule has 88 valence electrons. The lowest BCUT2D eigenvalue weighted by atomic mass is 9.60. The fraction of sp³-hybridized carbons (Fsp3) is 0.833. The molecule has 2 N–H and O–H groups in total. The van der Waals surface area contributed by atoms with Crippen molar-refractivity contribution in [3.8, 4) is 0 Å². The predicted octanol–water partition coefficient (Wildman–Crippen LogP) is 1.84. The second-order valence-electron chi connectivity index (χ2n) is 6.27. The first-order valence-corrected chi connectivity index (χ1v) is 6.00. The lowest BCUT2D eigenvalue weighted by Gasteiger charge is -2.49. The minimum Gasteiger partial charge on any atom is -0.381 e. The molecule has 0 radical (unpaired) electrons. The molecule has 3 rings (SSSR count). The van der Waals surface area contributed by atoms with Crippen molar-refractivity contribution in [2.24, 2.45) is 16.7 Å². The molecule has 2 aliphatic rings. The van der Waals surface area contributed by atoms with Crippen LogP contribution in [0.4, 0.5) is 0 Å². The Morgan fingerprint density at radius 1 is 1.44 bits per heavy atom. The summed E-state index contributed by atoms with van der Waals surface area (Å²) in [6.07, 6.45) is 4.88. The fourth-order valence-electron chi connectivity index (χ4n) is 4.23. The summed E-state index contributed by atoms with van der Waals surface area (Å²) >= 11 is 0. The Morgan fingerprint density at radius 2 is 2.19 bits per heavy atom. The highest BCUT2D eigenvalue weighted by Gasteiger charge is 2.70. The summed E-state index contributed by atoms with van der Waals surface area (Å²) in [7, 11) is 0. The molecule has 0 amide bonds. The molecule has 2 fully saturated rings. The second kappa shape index (κ2) is 2.67. The van der Waals surface area contributed by atoms with E-state index in [-0.39, 0.29) is 10.8 Å². The van der Waals surface area contributed by atoms with E-state index in [1.54, 1.807) is 0 Å². The van der Waals surface area contributed by atoms with Gasteiger partial charge in [0.2, 0.25) is 0 Å². The number of aromatic nitrogens is 3. The number of hydrogen-bond acceptors (Lipinski definition) is 3. The van der Waals surface area contributed by atoms with Crippen molar-refractivity contribution in [1.29, 1.82) is 0 Å². The Labute approximate surface area is 95.5 Å². The zero-order chi connectivity index (χ0) is 11.6. The summed E-state index contributed by atoms with van der Waals surface area (Å²) in [6.45, 7) is 6.50.